The molecule has 0 bridgehead atoms. The van der Waals surface area contributed by atoms with Gasteiger partial charge in [-0.05, 0) is 36.6 Å². The van der Waals surface area contributed by atoms with Crippen LogP contribution in [0.3, 0.4) is 0 Å². The van der Waals surface area contributed by atoms with Crippen LogP contribution in [0.25, 0.3) is 10.2 Å². The number of nitrogens with one attached hydrogen (secondary N) is 1. The molecule has 1 N–H and O–H groups in total. The Kier molecular flexibility index (Phi) is 5.09. The molecular weight excluding hydrogens is 366 g/mol. The van der Waals surface area contributed by atoms with E-state index in [-0.39, 0.29) is 6.03 Å². The summed E-state index contributed by atoms with van der Waals surface area (Å²) in [4.78, 5) is 19.0. The molecule has 4 rings (SSSR count). The van der Waals surface area contributed by atoms with Crippen LogP contribution in [0.5, 0.6) is 0 Å². The van der Waals surface area contributed by atoms with E-state index >= 15 is 0 Å². The number of nitrogens with zero attached hydrogens (tertiary/aromatic N) is 2. The molecule has 2 aromatic carbocycles. The van der Waals surface area contributed by atoms with E-state index in [9.17, 15) is 4.79 Å². The van der Waals surface area contributed by atoms with Gasteiger partial charge in [0, 0.05) is 30.6 Å². The Morgan fingerprint density at radius 2 is 1.96 bits per heavy atom. The SMILES string of the molecule is O=C(NCc1ccccc1)N1CCC(c2nc3cc(Cl)ccc3s2)CC1. The van der Waals surface area contributed by atoms with Gasteiger partial charge in [-0.2, -0.15) is 0 Å². The number of benzene rings is 2. The van der Waals surface area contributed by atoms with Crippen molar-refractivity contribution in [3.8, 4) is 0 Å². The third kappa shape index (κ3) is 3.84. The van der Waals surface area contributed by atoms with Crippen LogP contribution in [0, 0.1) is 0 Å². The van der Waals surface area contributed by atoms with Crippen molar-refractivity contribution >= 4 is 39.2 Å². The summed E-state index contributed by atoms with van der Waals surface area (Å²) in [6.45, 7) is 2.10. The lowest BCUT2D eigenvalue weighted by Gasteiger charge is -2.31. The fourth-order valence-electron chi connectivity index (χ4n) is 3.31. The molecule has 0 saturated carbocycles. The van der Waals surface area contributed by atoms with E-state index in [1.807, 2.05) is 53.4 Å². The zero-order valence-corrected chi connectivity index (χ0v) is 15.9. The summed E-state index contributed by atoms with van der Waals surface area (Å²) in [7, 11) is 0. The van der Waals surface area contributed by atoms with Gasteiger partial charge in [-0.25, -0.2) is 9.78 Å². The number of rotatable bonds is 3. The minimum Gasteiger partial charge on any atom is -0.334 e. The highest BCUT2D eigenvalue weighted by Gasteiger charge is 2.25. The van der Waals surface area contributed by atoms with E-state index < -0.39 is 0 Å². The number of carbonyl (C=O) groups excluding carboxylic acids is 1. The summed E-state index contributed by atoms with van der Waals surface area (Å²) >= 11 is 7.80. The molecule has 2 amide bonds. The Bertz CT molecular complexity index is 904. The predicted octanol–water partition coefficient (Wildman–Crippen LogP) is 5.04. The Balaban J connectivity index is 1.33. The predicted molar refractivity (Wildman–Crippen MR) is 107 cm³/mol. The van der Waals surface area contributed by atoms with Gasteiger partial charge < -0.3 is 10.2 Å². The minimum absolute atomic E-state index is 0.0170. The molecule has 1 aromatic heterocycles. The lowest BCUT2D eigenvalue weighted by molar-refractivity contribution is 0.181. The number of fused-ring (bicyclic) bond motifs is 1. The standard InChI is InChI=1S/C20H20ClN3OS/c21-16-6-7-18-17(12-16)23-19(26-18)15-8-10-24(11-9-15)20(25)22-13-14-4-2-1-3-5-14/h1-7,12,15H,8-11,13H2,(H,22,25). The number of urea groups is 1. The fraction of sp³-hybridized carbons (Fsp3) is 0.300. The number of hydrogen-bond acceptors (Lipinski definition) is 3. The van der Waals surface area contributed by atoms with Crippen LogP contribution >= 0.6 is 22.9 Å². The third-order valence-electron chi connectivity index (χ3n) is 4.78. The van der Waals surface area contributed by atoms with Gasteiger partial charge in [0.2, 0.25) is 0 Å². The maximum atomic E-state index is 12.4. The third-order valence-corrected chi connectivity index (χ3v) is 6.22. The number of halogens is 1. The van der Waals surface area contributed by atoms with Crippen molar-refractivity contribution in [3.05, 3.63) is 64.1 Å². The van der Waals surface area contributed by atoms with Crippen LogP contribution in [-0.2, 0) is 6.54 Å². The molecule has 0 atom stereocenters. The van der Waals surface area contributed by atoms with Crippen molar-refractivity contribution in [1.29, 1.82) is 0 Å². The quantitative estimate of drug-likeness (QED) is 0.686. The van der Waals surface area contributed by atoms with Gasteiger partial charge in [0.25, 0.3) is 0 Å². The van der Waals surface area contributed by atoms with E-state index in [0.29, 0.717) is 12.5 Å². The van der Waals surface area contributed by atoms with Crippen LogP contribution in [0.4, 0.5) is 4.79 Å². The summed E-state index contributed by atoms with van der Waals surface area (Å²) in [5, 5.41) is 4.89. The molecule has 134 valence electrons. The molecular formula is C20H20ClN3OS. The summed E-state index contributed by atoms with van der Waals surface area (Å²) in [5.41, 5.74) is 2.09. The molecule has 1 aliphatic rings. The van der Waals surface area contributed by atoms with Crippen molar-refractivity contribution in [1.82, 2.24) is 15.2 Å². The first-order valence-corrected chi connectivity index (χ1v) is 10.0. The van der Waals surface area contributed by atoms with E-state index in [0.717, 1.165) is 47.0 Å². The first-order valence-electron chi connectivity index (χ1n) is 8.82. The van der Waals surface area contributed by atoms with Crippen LogP contribution in [0.15, 0.2) is 48.5 Å². The van der Waals surface area contributed by atoms with Gasteiger partial charge in [0.15, 0.2) is 0 Å². The highest BCUT2D eigenvalue weighted by Crippen LogP contribution is 2.34. The van der Waals surface area contributed by atoms with E-state index in [4.69, 9.17) is 16.6 Å². The number of amides is 2. The minimum atomic E-state index is 0.0170. The Hall–Kier alpha value is -2.11. The second-order valence-corrected chi connectivity index (χ2v) is 8.07. The van der Waals surface area contributed by atoms with E-state index in [1.54, 1.807) is 11.3 Å². The Labute approximate surface area is 161 Å². The topological polar surface area (TPSA) is 45.2 Å². The average molecular weight is 386 g/mol. The second-order valence-electron chi connectivity index (χ2n) is 6.57. The monoisotopic (exact) mass is 385 g/mol. The lowest BCUT2D eigenvalue weighted by atomic mass is 9.98. The van der Waals surface area contributed by atoms with Crippen LogP contribution in [-0.4, -0.2) is 29.0 Å². The normalized spacial score (nSPS) is 15.3. The molecule has 1 saturated heterocycles. The zero-order chi connectivity index (χ0) is 17.9. The van der Waals surface area contributed by atoms with Gasteiger partial charge in [0.1, 0.15) is 0 Å². The Morgan fingerprint density at radius 3 is 2.73 bits per heavy atom. The van der Waals surface area contributed by atoms with Gasteiger partial charge in [-0.1, -0.05) is 41.9 Å². The summed E-state index contributed by atoms with van der Waals surface area (Å²) in [5.74, 6) is 0.421. The first kappa shape index (κ1) is 17.3. The summed E-state index contributed by atoms with van der Waals surface area (Å²) in [6.07, 6.45) is 1.90. The molecule has 26 heavy (non-hydrogen) atoms. The second kappa shape index (κ2) is 7.64. The number of thiazole rings is 1. The largest absolute Gasteiger partial charge is 0.334 e. The average Bonchev–Trinajstić information content (AvgIpc) is 3.10. The van der Waals surface area contributed by atoms with E-state index in [2.05, 4.69) is 5.32 Å². The maximum Gasteiger partial charge on any atom is 0.317 e. The molecule has 0 aliphatic carbocycles. The highest BCUT2D eigenvalue weighted by molar-refractivity contribution is 7.18. The van der Waals surface area contributed by atoms with Gasteiger partial charge in [0.05, 0.1) is 15.2 Å². The number of aromatic nitrogens is 1. The fourth-order valence-corrected chi connectivity index (χ4v) is 4.59. The van der Waals surface area contributed by atoms with Crippen molar-refractivity contribution in [2.75, 3.05) is 13.1 Å². The molecule has 0 radical (unpaired) electrons. The highest BCUT2D eigenvalue weighted by atomic mass is 35.5. The number of hydrogen-bond donors (Lipinski definition) is 1. The zero-order valence-electron chi connectivity index (χ0n) is 14.3. The molecule has 4 nitrogen and oxygen atoms in total. The summed E-state index contributed by atoms with van der Waals surface area (Å²) < 4.78 is 1.17. The van der Waals surface area contributed by atoms with Gasteiger partial charge >= 0.3 is 6.03 Å². The van der Waals surface area contributed by atoms with Crippen molar-refractivity contribution in [3.63, 3.8) is 0 Å². The van der Waals surface area contributed by atoms with Crippen molar-refractivity contribution < 1.29 is 4.79 Å². The molecule has 1 aliphatic heterocycles. The number of piperidine rings is 1. The first-order chi connectivity index (χ1) is 12.7. The van der Waals surface area contributed by atoms with Crippen LogP contribution in [0.1, 0.15) is 29.3 Å². The van der Waals surface area contributed by atoms with Crippen molar-refractivity contribution in [2.24, 2.45) is 0 Å². The molecule has 6 heteroatoms. The molecule has 2 heterocycles. The number of carbonyl (C=O) groups is 1. The maximum absolute atomic E-state index is 12.4. The van der Waals surface area contributed by atoms with Crippen LogP contribution in [0.2, 0.25) is 5.02 Å². The molecule has 0 spiro atoms. The number of likely N-dealkylation sites (tertiary alicyclic amines) is 1. The van der Waals surface area contributed by atoms with E-state index in [1.165, 1.54) is 4.70 Å². The van der Waals surface area contributed by atoms with Crippen molar-refractivity contribution in [2.45, 2.75) is 25.3 Å². The summed E-state index contributed by atoms with van der Waals surface area (Å²) in [6, 6.07) is 15.9. The molecule has 0 unspecified atom stereocenters. The van der Waals surface area contributed by atoms with Crippen LogP contribution < -0.4 is 5.32 Å². The van der Waals surface area contributed by atoms with Gasteiger partial charge in [-0.3, -0.25) is 0 Å². The van der Waals surface area contributed by atoms with Gasteiger partial charge in [-0.15, -0.1) is 11.3 Å². The molecule has 3 aromatic rings. The Morgan fingerprint density at radius 1 is 1.19 bits per heavy atom. The lowest BCUT2D eigenvalue weighted by Crippen LogP contribution is -2.43. The molecule has 1 fully saturated rings. The smallest absolute Gasteiger partial charge is 0.317 e.